The van der Waals surface area contributed by atoms with E-state index < -0.39 is 6.04 Å². The van der Waals surface area contributed by atoms with Gasteiger partial charge in [-0.3, -0.25) is 4.79 Å². The van der Waals surface area contributed by atoms with Crippen LogP contribution in [0.15, 0.2) is 24.3 Å². The molecule has 1 aliphatic heterocycles. The fourth-order valence-electron chi connectivity index (χ4n) is 2.58. The van der Waals surface area contributed by atoms with E-state index in [9.17, 15) is 4.79 Å². The lowest BCUT2D eigenvalue weighted by atomic mass is 10.0. The number of piperidine rings is 1. The number of carbonyl (C=O) groups excluding carboxylic acids is 1. The predicted molar refractivity (Wildman–Crippen MR) is 80.8 cm³/mol. The van der Waals surface area contributed by atoms with Crippen molar-refractivity contribution in [2.45, 2.75) is 38.6 Å². The van der Waals surface area contributed by atoms with Gasteiger partial charge in [0.05, 0.1) is 6.61 Å². The molecule has 1 aromatic carbocycles. The summed E-state index contributed by atoms with van der Waals surface area (Å²) in [5, 5.41) is 0. The first-order chi connectivity index (χ1) is 9.70. The second kappa shape index (κ2) is 7.29. The Bertz CT molecular complexity index is 425. The maximum atomic E-state index is 11.5. The number of hydrogen-bond acceptors (Lipinski definition) is 4. The van der Waals surface area contributed by atoms with Crippen molar-refractivity contribution in [1.29, 1.82) is 0 Å². The quantitative estimate of drug-likeness (QED) is 0.837. The van der Waals surface area contributed by atoms with E-state index in [2.05, 4.69) is 29.2 Å². The summed E-state index contributed by atoms with van der Waals surface area (Å²) in [7, 11) is 0. The van der Waals surface area contributed by atoms with Gasteiger partial charge in [-0.25, -0.2) is 0 Å². The zero-order chi connectivity index (χ0) is 14.4. The van der Waals surface area contributed by atoms with Crippen LogP contribution in [0.4, 0.5) is 5.69 Å². The number of ether oxygens (including phenoxy) is 1. The second-order valence-corrected chi connectivity index (χ2v) is 5.28. The molecule has 2 N–H and O–H groups in total. The summed E-state index contributed by atoms with van der Waals surface area (Å²) in [6.07, 6.45) is 4.41. The second-order valence-electron chi connectivity index (χ2n) is 5.28. The summed E-state index contributed by atoms with van der Waals surface area (Å²) in [5.41, 5.74) is 8.17. The van der Waals surface area contributed by atoms with Gasteiger partial charge in [0.1, 0.15) is 6.04 Å². The molecule has 1 aromatic rings. The Balaban J connectivity index is 1.92. The van der Waals surface area contributed by atoms with Crippen LogP contribution in [-0.2, 0) is 16.0 Å². The van der Waals surface area contributed by atoms with Gasteiger partial charge in [-0.15, -0.1) is 0 Å². The van der Waals surface area contributed by atoms with Crippen molar-refractivity contribution in [2.75, 3.05) is 24.6 Å². The molecule has 0 aliphatic carbocycles. The molecule has 0 spiro atoms. The van der Waals surface area contributed by atoms with Gasteiger partial charge in [0.25, 0.3) is 0 Å². The molecule has 0 amide bonds. The Morgan fingerprint density at radius 2 is 1.90 bits per heavy atom. The van der Waals surface area contributed by atoms with E-state index in [0.717, 1.165) is 18.7 Å². The number of benzene rings is 1. The van der Waals surface area contributed by atoms with E-state index >= 15 is 0 Å². The minimum atomic E-state index is -0.573. The fraction of sp³-hybridized carbons (Fsp3) is 0.562. The highest BCUT2D eigenvalue weighted by Crippen LogP contribution is 2.20. The minimum absolute atomic E-state index is 0.326. The number of esters is 1. The standard InChI is InChI=1S/C16H24N2O2/c1-2-20-16(19)15(17)12-13-6-8-14(9-7-13)18-10-4-3-5-11-18/h6-9,15H,2-5,10-12,17H2,1H3. The molecule has 20 heavy (non-hydrogen) atoms. The summed E-state index contributed by atoms with van der Waals surface area (Å²) in [5.74, 6) is -0.326. The van der Waals surface area contributed by atoms with Crippen LogP contribution in [-0.4, -0.2) is 31.7 Å². The molecule has 0 radical (unpaired) electrons. The van der Waals surface area contributed by atoms with Crippen LogP contribution in [0.3, 0.4) is 0 Å². The lowest BCUT2D eigenvalue weighted by molar-refractivity contribution is -0.144. The van der Waals surface area contributed by atoms with Crippen molar-refractivity contribution in [3.05, 3.63) is 29.8 Å². The third-order valence-corrected chi connectivity index (χ3v) is 3.70. The average Bonchev–Trinajstić information content (AvgIpc) is 2.49. The lowest BCUT2D eigenvalue weighted by Crippen LogP contribution is -2.34. The predicted octanol–water partition coefficient (Wildman–Crippen LogP) is 2.11. The Morgan fingerprint density at radius 1 is 1.25 bits per heavy atom. The first kappa shape index (κ1) is 14.9. The maximum absolute atomic E-state index is 11.5. The lowest BCUT2D eigenvalue weighted by Gasteiger charge is -2.28. The van der Waals surface area contributed by atoms with Gasteiger partial charge in [0.2, 0.25) is 0 Å². The number of rotatable bonds is 5. The molecule has 4 heteroatoms. The van der Waals surface area contributed by atoms with Crippen molar-refractivity contribution in [2.24, 2.45) is 5.73 Å². The molecule has 0 aromatic heterocycles. The Hall–Kier alpha value is -1.55. The van der Waals surface area contributed by atoms with Gasteiger partial charge < -0.3 is 15.4 Å². The van der Waals surface area contributed by atoms with Crippen LogP contribution < -0.4 is 10.6 Å². The number of carbonyl (C=O) groups is 1. The normalized spacial score (nSPS) is 16.8. The van der Waals surface area contributed by atoms with E-state index in [1.807, 2.05) is 0 Å². The van der Waals surface area contributed by atoms with Gasteiger partial charge in [0.15, 0.2) is 0 Å². The highest BCUT2D eigenvalue weighted by molar-refractivity contribution is 5.75. The molecule has 1 heterocycles. The van der Waals surface area contributed by atoms with Crippen LogP contribution in [0.1, 0.15) is 31.7 Å². The number of nitrogens with two attached hydrogens (primary N) is 1. The molecule has 2 rings (SSSR count). The van der Waals surface area contributed by atoms with Crippen molar-refractivity contribution in [1.82, 2.24) is 0 Å². The van der Waals surface area contributed by atoms with Gasteiger partial charge in [-0.05, 0) is 50.3 Å². The third kappa shape index (κ3) is 3.97. The topological polar surface area (TPSA) is 55.6 Å². The Kier molecular flexibility index (Phi) is 5.41. The molecule has 0 bridgehead atoms. The van der Waals surface area contributed by atoms with Crippen LogP contribution in [0.2, 0.25) is 0 Å². The van der Waals surface area contributed by atoms with E-state index in [1.165, 1.54) is 24.9 Å². The van der Waals surface area contributed by atoms with Gasteiger partial charge in [0, 0.05) is 18.8 Å². The van der Waals surface area contributed by atoms with Crippen LogP contribution in [0, 0.1) is 0 Å². The Labute approximate surface area is 120 Å². The summed E-state index contributed by atoms with van der Waals surface area (Å²) in [6, 6.07) is 7.79. The summed E-state index contributed by atoms with van der Waals surface area (Å²) in [6.45, 7) is 4.45. The summed E-state index contributed by atoms with van der Waals surface area (Å²) >= 11 is 0. The molecule has 1 fully saturated rings. The van der Waals surface area contributed by atoms with Gasteiger partial charge >= 0.3 is 5.97 Å². The number of anilines is 1. The number of hydrogen-bond donors (Lipinski definition) is 1. The molecule has 4 nitrogen and oxygen atoms in total. The Morgan fingerprint density at radius 3 is 2.50 bits per heavy atom. The summed E-state index contributed by atoms with van der Waals surface area (Å²) in [4.78, 5) is 13.9. The zero-order valence-corrected chi connectivity index (χ0v) is 12.2. The highest BCUT2D eigenvalue weighted by Gasteiger charge is 2.15. The van der Waals surface area contributed by atoms with Crippen LogP contribution in [0.25, 0.3) is 0 Å². The van der Waals surface area contributed by atoms with E-state index in [-0.39, 0.29) is 5.97 Å². The van der Waals surface area contributed by atoms with Gasteiger partial charge in [-0.1, -0.05) is 12.1 Å². The van der Waals surface area contributed by atoms with E-state index in [0.29, 0.717) is 13.0 Å². The molecular weight excluding hydrogens is 252 g/mol. The molecule has 110 valence electrons. The number of nitrogens with zero attached hydrogens (tertiary/aromatic N) is 1. The van der Waals surface area contributed by atoms with Crippen molar-refractivity contribution < 1.29 is 9.53 Å². The zero-order valence-electron chi connectivity index (χ0n) is 12.2. The molecule has 1 unspecified atom stereocenters. The molecular formula is C16H24N2O2. The highest BCUT2D eigenvalue weighted by atomic mass is 16.5. The molecule has 1 aliphatic rings. The maximum Gasteiger partial charge on any atom is 0.323 e. The first-order valence-electron chi connectivity index (χ1n) is 7.47. The smallest absolute Gasteiger partial charge is 0.323 e. The van der Waals surface area contributed by atoms with Crippen molar-refractivity contribution in [3.8, 4) is 0 Å². The summed E-state index contributed by atoms with van der Waals surface area (Å²) < 4.78 is 4.92. The van der Waals surface area contributed by atoms with Crippen molar-refractivity contribution in [3.63, 3.8) is 0 Å². The molecule has 1 atom stereocenters. The fourth-order valence-corrected chi connectivity index (χ4v) is 2.58. The van der Waals surface area contributed by atoms with E-state index in [1.54, 1.807) is 6.92 Å². The SMILES string of the molecule is CCOC(=O)C(N)Cc1ccc(N2CCCCC2)cc1. The largest absolute Gasteiger partial charge is 0.465 e. The average molecular weight is 276 g/mol. The monoisotopic (exact) mass is 276 g/mol. The first-order valence-corrected chi connectivity index (χ1v) is 7.47. The minimum Gasteiger partial charge on any atom is -0.465 e. The third-order valence-electron chi connectivity index (χ3n) is 3.70. The van der Waals surface area contributed by atoms with Crippen LogP contribution >= 0.6 is 0 Å². The molecule has 1 saturated heterocycles. The van der Waals surface area contributed by atoms with Crippen molar-refractivity contribution >= 4 is 11.7 Å². The molecule has 0 saturated carbocycles. The van der Waals surface area contributed by atoms with Crippen LogP contribution in [0.5, 0.6) is 0 Å². The van der Waals surface area contributed by atoms with E-state index in [4.69, 9.17) is 10.5 Å². The van der Waals surface area contributed by atoms with Gasteiger partial charge in [-0.2, -0.15) is 0 Å².